The summed E-state index contributed by atoms with van der Waals surface area (Å²) in [5, 5.41) is 0. The molecule has 2 aliphatic heterocycles. The first-order valence-corrected chi connectivity index (χ1v) is 9.41. The monoisotopic (exact) mass is 346 g/mol. The van der Waals surface area contributed by atoms with Crippen molar-refractivity contribution in [2.45, 2.75) is 57.7 Å². The maximum absolute atomic E-state index is 12.8. The fourth-order valence-electron chi connectivity index (χ4n) is 3.99. The molecule has 2 saturated heterocycles. The Hall–Kier alpha value is -1.53. The third-order valence-electron chi connectivity index (χ3n) is 5.67. The molecule has 6 nitrogen and oxygen atoms in total. The van der Waals surface area contributed by atoms with E-state index in [2.05, 4.69) is 40.7 Å². The summed E-state index contributed by atoms with van der Waals surface area (Å²) >= 11 is 0. The number of hydrogen-bond acceptors (Lipinski definition) is 5. The average molecular weight is 346 g/mol. The van der Waals surface area contributed by atoms with Gasteiger partial charge in [0.1, 0.15) is 6.33 Å². The SMILES string of the molecule is CC(C)N(C)[C@@H]1CN(C(=O)CCc2cncnc2)C[C@@H]2CCCO[C@@H]21. The van der Waals surface area contributed by atoms with Crippen LogP contribution in [-0.4, -0.2) is 70.6 Å². The van der Waals surface area contributed by atoms with Crippen molar-refractivity contribution in [1.82, 2.24) is 19.8 Å². The van der Waals surface area contributed by atoms with Crippen LogP contribution in [0, 0.1) is 5.92 Å². The highest BCUT2D eigenvalue weighted by atomic mass is 16.5. The number of aryl methyl sites for hydroxylation is 1. The van der Waals surface area contributed by atoms with E-state index in [0.717, 1.165) is 38.1 Å². The van der Waals surface area contributed by atoms with Crippen LogP contribution < -0.4 is 0 Å². The van der Waals surface area contributed by atoms with Crippen molar-refractivity contribution in [3.63, 3.8) is 0 Å². The second-order valence-corrected chi connectivity index (χ2v) is 7.61. The van der Waals surface area contributed by atoms with E-state index in [1.165, 1.54) is 6.33 Å². The topological polar surface area (TPSA) is 58.6 Å². The standard InChI is InChI=1S/C19H30N4O2/c1-14(2)22(3)17-12-23(11-16-5-4-8-25-19(16)17)18(24)7-6-15-9-20-13-21-10-15/h9-10,13-14,16-17,19H,4-8,11-12H2,1-3H3/t16-,17+,19-/m0/s1. The smallest absolute Gasteiger partial charge is 0.222 e. The minimum Gasteiger partial charge on any atom is -0.376 e. The number of ether oxygens (including phenoxy) is 1. The van der Waals surface area contributed by atoms with E-state index in [0.29, 0.717) is 24.8 Å². The third-order valence-corrected chi connectivity index (χ3v) is 5.67. The maximum atomic E-state index is 12.8. The molecule has 0 N–H and O–H groups in total. The second kappa shape index (κ2) is 8.23. The molecule has 0 unspecified atom stereocenters. The van der Waals surface area contributed by atoms with Crippen LogP contribution >= 0.6 is 0 Å². The van der Waals surface area contributed by atoms with E-state index in [4.69, 9.17) is 4.74 Å². The van der Waals surface area contributed by atoms with Crippen molar-refractivity contribution in [3.8, 4) is 0 Å². The molecule has 2 fully saturated rings. The first-order valence-electron chi connectivity index (χ1n) is 9.41. The van der Waals surface area contributed by atoms with E-state index >= 15 is 0 Å². The van der Waals surface area contributed by atoms with E-state index in [1.807, 2.05) is 0 Å². The van der Waals surface area contributed by atoms with Gasteiger partial charge >= 0.3 is 0 Å². The van der Waals surface area contributed by atoms with Gasteiger partial charge in [0, 0.05) is 50.5 Å². The lowest BCUT2D eigenvalue weighted by Crippen LogP contribution is -2.62. The number of amides is 1. The van der Waals surface area contributed by atoms with Gasteiger partial charge in [-0.05, 0) is 45.7 Å². The number of nitrogens with zero attached hydrogens (tertiary/aromatic N) is 4. The lowest BCUT2D eigenvalue weighted by Gasteiger charge is -2.49. The van der Waals surface area contributed by atoms with Crippen LogP contribution in [0.4, 0.5) is 0 Å². The van der Waals surface area contributed by atoms with Gasteiger partial charge in [0.05, 0.1) is 12.1 Å². The zero-order valence-corrected chi connectivity index (χ0v) is 15.6. The Morgan fingerprint density at radius 1 is 1.36 bits per heavy atom. The Labute approximate surface area is 150 Å². The lowest BCUT2D eigenvalue weighted by atomic mass is 9.84. The van der Waals surface area contributed by atoms with Crippen molar-refractivity contribution in [2.24, 2.45) is 5.92 Å². The summed E-state index contributed by atoms with van der Waals surface area (Å²) in [6, 6.07) is 0.718. The molecule has 3 rings (SSSR count). The Kier molecular flexibility index (Phi) is 6.02. The Balaban J connectivity index is 1.65. The number of likely N-dealkylation sites (tertiary alicyclic amines) is 1. The molecule has 0 spiro atoms. The number of aromatic nitrogens is 2. The lowest BCUT2D eigenvalue weighted by molar-refractivity contribution is -0.148. The predicted molar refractivity (Wildman–Crippen MR) is 96.1 cm³/mol. The largest absolute Gasteiger partial charge is 0.376 e. The summed E-state index contributed by atoms with van der Waals surface area (Å²) in [5.74, 6) is 0.688. The first kappa shape index (κ1) is 18.3. The van der Waals surface area contributed by atoms with E-state index in [1.54, 1.807) is 12.4 Å². The number of carbonyl (C=O) groups excluding carboxylic acids is 1. The number of fused-ring (bicyclic) bond motifs is 1. The van der Waals surface area contributed by atoms with Gasteiger partial charge in [0.15, 0.2) is 0 Å². The predicted octanol–water partition coefficient (Wildman–Crippen LogP) is 1.76. The van der Waals surface area contributed by atoms with E-state index in [9.17, 15) is 4.79 Å². The quantitative estimate of drug-likeness (QED) is 0.813. The molecular formula is C19H30N4O2. The van der Waals surface area contributed by atoms with Crippen molar-refractivity contribution in [2.75, 3.05) is 26.7 Å². The summed E-state index contributed by atoms with van der Waals surface area (Å²) in [4.78, 5) is 25.3. The normalized spacial score (nSPS) is 26.8. The molecule has 1 amide bonds. The van der Waals surface area contributed by atoms with Gasteiger partial charge in [0.2, 0.25) is 5.91 Å². The molecule has 0 aliphatic carbocycles. The average Bonchev–Trinajstić information content (AvgIpc) is 2.65. The van der Waals surface area contributed by atoms with Crippen LogP contribution in [0.15, 0.2) is 18.7 Å². The molecule has 1 aromatic heterocycles. The third kappa shape index (κ3) is 4.36. The summed E-state index contributed by atoms with van der Waals surface area (Å²) in [6.45, 7) is 6.85. The molecular weight excluding hydrogens is 316 g/mol. The number of hydrogen-bond donors (Lipinski definition) is 0. The highest BCUT2D eigenvalue weighted by molar-refractivity contribution is 5.76. The van der Waals surface area contributed by atoms with E-state index in [-0.39, 0.29) is 18.1 Å². The minimum absolute atomic E-state index is 0.232. The first-order chi connectivity index (χ1) is 12.1. The van der Waals surface area contributed by atoms with Crippen LogP contribution in [0.3, 0.4) is 0 Å². The van der Waals surface area contributed by atoms with E-state index < -0.39 is 0 Å². The Morgan fingerprint density at radius 3 is 2.84 bits per heavy atom. The zero-order valence-electron chi connectivity index (χ0n) is 15.6. The van der Waals surface area contributed by atoms with Gasteiger partial charge in [0.25, 0.3) is 0 Å². The van der Waals surface area contributed by atoms with Crippen LogP contribution in [0.5, 0.6) is 0 Å². The van der Waals surface area contributed by atoms with Gasteiger partial charge in [-0.15, -0.1) is 0 Å². The summed E-state index contributed by atoms with van der Waals surface area (Å²) in [6.07, 6.45) is 8.83. The Bertz CT molecular complexity index is 566. The molecule has 0 saturated carbocycles. The molecule has 3 heterocycles. The zero-order chi connectivity index (χ0) is 17.8. The highest BCUT2D eigenvalue weighted by Crippen LogP contribution is 2.31. The summed E-state index contributed by atoms with van der Waals surface area (Å²) in [7, 11) is 2.15. The van der Waals surface area contributed by atoms with Gasteiger partial charge < -0.3 is 9.64 Å². The molecule has 1 aromatic rings. The molecule has 0 bridgehead atoms. The van der Waals surface area contributed by atoms with Crippen molar-refractivity contribution < 1.29 is 9.53 Å². The van der Waals surface area contributed by atoms with Crippen LogP contribution in [-0.2, 0) is 16.0 Å². The molecule has 2 aliphatic rings. The number of carbonyl (C=O) groups is 1. The fraction of sp³-hybridized carbons (Fsp3) is 0.737. The molecule has 3 atom stereocenters. The maximum Gasteiger partial charge on any atom is 0.222 e. The highest BCUT2D eigenvalue weighted by Gasteiger charge is 2.42. The number of rotatable bonds is 5. The molecule has 138 valence electrons. The fourth-order valence-corrected chi connectivity index (χ4v) is 3.99. The van der Waals surface area contributed by atoms with Crippen molar-refractivity contribution in [3.05, 3.63) is 24.3 Å². The van der Waals surface area contributed by atoms with Crippen LogP contribution in [0.1, 0.15) is 38.7 Å². The van der Waals surface area contributed by atoms with Crippen molar-refractivity contribution in [1.29, 1.82) is 0 Å². The number of piperidine rings is 1. The Morgan fingerprint density at radius 2 is 2.12 bits per heavy atom. The minimum atomic E-state index is 0.232. The van der Waals surface area contributed by atoms with Crippen molar-refractivity contribution >= 4 is 5.91 Å². The van der Waals surface area contributed by atoms with Gasteiger partial charge in [-0.1, -0.05) is 0 Å². The number of likely N-dealkylation sites (N-methyl/N-ethyl adjacent to an activating group) is 1. The van der Waals surface area contributed by atoms with Gasteiger partial charge in [-0.2, -0.15) is 0 Å². The van der Waals surface area contributed by atoms with Gasteiger partial charge in [-0.3, -0.25) is 9.69 Å². The van der Waals surface area contributed by atoms with Crippen LogP contribution in [0.2, 0.25) is 0 Å². The molecule has 0 radical (unpaired) electrons. The summed E-state index contributed by atoms with van der Waals surface area (Å²) in [5.41, 5.74) is 1.02. The molecule has 6 heteroatoms. The summed E-state index contributed by atoms with van der Waals surface area (Å²) < 4.78 is 6.13. The molecule has 25 heavy (non-hydrogen) atoms. The van der Waals surface area contributed by atoms with Gasteiger partial charge in [-0.25, -0.2) is 9.97 Å². The second-order valence-electron chi connectivity index (χ2n) is 7.61. The molecule has 0 aromatic carbocycles. The van der Waals surface area contributed by atoms with Crippen LogP contribution in [0.25, 0.3) is 0 Å².